The number of guanidine groups is 1. The Morgan fingerprint density at radius 1 is 1.37 bits per heavy atom. The molecular formula is C12H28N4O2Si. The summed E-state index contributed by atoms with van der Waals surface area (Å²) in [5.74, 6) is -0.765. The summed E-state index contributed by atoms with van der Waals surface area (Å²) in [5.41, 5.74) is 10.5. The molecule has 0 aliphatic carbocycles. The zero-order valence-electron chi connectivity index (χ0n) is 12.7. The molecule has 112 valence electrons. The average molecular weight is 288 g/mol. The molecule has 0 saturated heterocycles. The van der Waals surface area contributed by atoms with Crippen molar-refractivity contribution >= 4 is 20.2 Å². The minimum absolute atomic E-state index is 0.0456. The number of hydrogen-bond acceptors (Lipinski definition) is 3. The number of carboxylic acid groups (broad SMARTS) is 1. The molecule has 0 rings (SSSR count). The highest BCUT2D eigenvalue weighted by Crippen LogP contribution is 2.34. The molecule has 0 unspecified atom stereocenters. The molecule has 0 amide bonds. The second kappa shape index (κ2) is 6.90. The molecule has 0 aromatic rings. The molecule has 1 atom stereocenters. The van der Waals surface area contributed by atoms with Gasteiger partial charge in [-0.25, -0.2) is 0 Å². The van der Waals surface area contributed by atoms with Gasteiger partial charge in [0.2, 0.25) is 0 Å². The van der Waals surface area contributed by atoms with E-state index in [1.54, 1.807) is 0 Å². The first-order valence-electron chi connectivity index (χ1n) is 6.53. The molecule has 19 heavy (non-hydrogen) atoms. The molecule has 6 N–H and O–H groups in total. The van der Waals surface area contributed by atoms with Crippen LogP contribution in [0, 0.1) is 0 Å². The number of nitrogens with two attached hydrogens (primary N) is 2. The third-order valence-corrected chi connectivity index (χ3v) is 8.47. The van der Waals surface area contributed by atoms with Crippen molar-refractivity contribution in [3.63, 3.8) is 0 Å². The van der Waals surface area contributed by atoms with Crippen molar-refractivity contribution in [3.05, 3.63) is 0 Å². The third kappa shape index (κ3) is 6.58. The van der Waals surface area contributed by atoms with Crippen molar-refractivity contribution in [1.82, 2.24) is 4.98 Å². The summed E-state index contributed by atoms with van der Waals surface area (Å²) in [6, 6.07) is -0.532. The fraction of sp³-hybridized carbons (Fsp3) is 0.833. The van der Waals surface area contributed by atoms with Crippen LogP contribution in [0.25, 0.3) is 0 Å². The Morgan fingerprint density at radius 3 is 2.26 bits per heavy atom. The van der Waals surface area contributed by atoms with Crippen LogP contribution >= 0.6 is 0 Å². The second-order valence-corrected chi connectivity index (χ2v) is 11.4. The summed E-state index contributed by atoms with van der Waals surface area (Å²) in [7, 11) is -1.83. The first-order chi connectivity index (χ1) is 8.47. The maximum Gasteiger partial charge on any atom is 0.320 e. The molecule has 6 nitrogen and oxygen atoms in total. The Hall–Kier alpha value is -1.08. The summed E-state index contributed by atoms with van der Waals surface area (Å²) in [6.45, 7) is 11.2. The van der Waals surface area contributed by atoms with Crippen LogP contribution in [0.5, 0.6) is 0 Å². The van der Waals surface area contributed by atoms with Gasteiger partial charge in [-0.2, -0.15) is 0 Å². The highest BCUT2D eigenvalue weighted by atomic mass is 28.3. The number of aliphatic carboxylic acids is 1. The van der Waals surface area contributed by atoms with Gasteiger partial charge in [-0.15, -0.1) is 0 Å². The minimum Gasteiger partial charge on any atom is -0.480 e. The fourth-order valence-corrected chi connectivity index (χ4v) is 2.99. The Kier molecular flexibility index (Phi) is 6.51. The number of nitrogens with zero attached hydrogens (tertiary/aromatic N) is 1. The van der Waals surface area contributed by atoms with Gasteiger partial charge in [-0.1, -0.05) is 33.9 Å². The Morgan fingerprint density at radius 2 is 1.89 bits per heavy atom. The van der Waals surface area contributed by atoms with E-state index in [9.17, 15) is 9.90 Å². The molecule has 0 aromatic carbocycles. The monoisotopic (exact) mass is 288 g/mol. The highest BCUT2D eigenvalue weighted by molar-refractivity contribution is 6.78. The van der Waals surface area contributed by atoms with E-state index >= 15 is 0 Å². The van der Waals surface area contributed by atoms with Crippen molar-refractivity contribution < 1.29 is 9.90 Å². The minimum atomic E-state index is -1.83. The van der Waals surface area contributed by atoms with Gasteiger partial charge in [-0.05, 0) is 17.9 Å². The third-order valence-electron chi connectivity index (χ3n) is 3.65. The van der Waals surface area contributed by atoms with E-state index in [-0.39, 0.29) is 11.0 Å². The average Bonchev–Trinajstić information content (AvgIpc) is 2.20. The summed E-state index contributed by atoms with van der Waals surface area (Å²) in [5, 5.41) is 9.38. The van der Waals surface area contributed by atoms with Crippen molar-refractivity contribution in [2.75, 3.05) is 6.54 Å². The predicted molar refractivity (Wildman–Crippen MR) is 81.7 cm³/mol. The van der Waals surface area contributed by atoms with E-state index in [1.807, 2.05) is 0 Å². The first kappa shape index (κ1) is 17.9. The number of carbonyl (C=O) groups is 1. The number of rotatable bonds is 7. The van der Waals surface area contributed by atoms with Gasteiger partial charge in [0.1, 0.15) is 8.24 Å². The van der Waals surface area contributed by atoms with Crippen LogP contribution in [0.15, 0.2) is 4.99 Å². The number of nitrogens with one attached hydrogen (secondary N) is 1. The summed E-state index contributed by atoms with van der Waals surface area (Å²) in [4.78, 5) is 18.5. The maximum atomic E-state index is 11.3. The molecule has 7 heteroatoms. The molecule has 0 fully saturated rings. The normalized spacial score (nSPS) is 13.9. The SMILES string of the molecule is CC(C)(C)[Si](C)(C)N[C@@H](CCCN=C(N)N)C(=O)O. The lowest BCUT2D eigenvalue weighted by molar-refractivity contribution is -0.139. The quantitative estimate of drug-likeness (QED) is 0.242. The van der Waals surface area contributed by atoms with E-state index in [0.717, 1.165) is 0 Å². The molecule has 0 aliphatic heterocycles. The van der Waals surface area contributed by atoms with Gasteiger partial charge >= 0.3 is 5.97 Å². The highest BCUT2D eigenvalue weighted by Gasteiger charge is 2.38. The zero-order chi connectivity index (χ0) is 15.3. The summed E-state index contributed by atoms with van der Waals surface area (Å²) < 4.78 is 0. The van der Waals surface area contributed by atoms with Gasteiger partial charge < -0.3 is 21.6 Å². The molecule has 0 radical (unpaired) electrons. The first-order valence-corrected chi connectivity index (χ1v) is 9.53. The largest absolute Gasteiger partial charge is 0.480 e. The van der Waals surface area contributed by atoms with Gasteiger partial charge in [0.25, 0.3) is 0 Å². The van der Waals surface area contributed by atoms with E-state index in [0.29, 0.717) is 19.4 Å². The lowest BCUT2D eigenvalue weighted by Crippen LogP contribution is -2.58. The van der Waals surface area contributed by atoms with Crippen LogP contribution in [-0.2, 0) is 4.79 Å². The molecular weight excluding hydrogens is 260 g/mol. The van der Waals surface area contributed by atoms with Crippen LogP contribution in [0.3, 0.4) is 0 Å². The van der Waals surface area contributed by atoms with E-state index in [1.165, 1.54) is 0 Å². The summed E-state index contributed by atoms with van der Waals surface area (Å²) in [6.07, 6.45) is 1.18. The smallest absolute Gasteiger partial charge is 0.320 e. The fourth-order valence-electron chi connectivity index (χ4n) is 1.41. The van der Waals surface area contributed by atoms with Crippen LogP contribution in [0.1, 0.15) is 33.6 Å². The van der Waals surface area contributed by atoms with Crippen molar-refractivity contribution in [2.24, 2.45) is 16.5 Å². The zero-order valence-corrected chi connectivity index (χ0v) is 13.7. The van der Waals surface area contributed by atoms with Gasteiger partial charge in [0, 0.05) is 6.54 Å². The lowest BCUT2D eigenvalue weighted by Gasteiger charge is -2.39. The Balaban J connectivity index is 4.51. The Bertz CT molecular complexity index is 333. The van der Waals surface area contributed by atoms with Crippen molar-refractivity contribution in [3.8, 4) is 0 Å². The van der Waals surface area contributed by atoms with Gasteiger partial charge in [0.05, 0.1) is 6.04 Å². The predicted octanol–water partition coefficient (Wildman–Crippen LogP) is 1.09. The molecule has 0 heterocycles. The van der Waals surface area contributed by atoms with Crippen LogP contribution in [0.2, 0.25) is 18.1 Å². The molecule has 0 aromatic heterocycles. The summed E-state index contributed by atoms with van der Waals surface area (Å²) >= 11 is 0. The van der Waals surface area contributed by atoms with Gasteiger partial charge in [-0.3, -0.25) is 9.79 Å². The molecule has 0 spiro atoms. The van der Waals surface area contributed by atoms with E-state index in [4.69, 9.17) is 11.5 Å². The Labute approximate surface area is 116 Å². The van der Waals surface area contributed by atoms with E-state index < -0.39 is 20.2 Å². The topological polar surface area (TPSA) is 114 Å². The van der Waals surface area contributed by atoms with Crippen molar-refractivity contribution in [1.29, 1.82) is 0 Å². The number of aliphatic imine (C=N–C) groups is 1. The van der Waals surface area contributed by atoms with E-state index in [2.05, 4.69) is 43.8 Å². The number of carboxylic acids is 1. The van der Waals surface area contributed by atoms with Crippen LogP contribution in [0.4, 0.5) is 0 Å². The second-order valence-electron chi connectivity index (χ2n) is 6.36. The lowest BCUT2D eigenvalue weighted by atomic mass is 10.2. The maximum absolute atomic E-state index is 11.3. The molecule has 0 aliphatic rings. The molecule has 0 saturated carbocycles. The molecule has 0 bridgehead atoms. The number of hydrogen-bond donors (Lipinski definition) is 4. The van der Waals surface area contributed by atoms with Crippen LogP contribution in [-0.4, -0.2) is 37.9 Å². The van der Waals surface area contributed by atoms with Gasteiger partial charge in [0.15, 0.2) is 5.96 Å². The van der Waals surface area contributed by atoms with Crippen molar-refractivity contribution in [2.45, 2.75) is 57.8 Å². The standard InChI is InChI=1S/C12H28N4O2Si/c1-12(2,3)19(4,5)16-9(10(17)18)7-6-8-15-11(13)14/h9,16H,6-8H2,1-5H3,(H,17,18)(H4,13,14,15)/t9-/m0/s1. The van der Waals surface area contributed by atoms with Crippen LogP contribution < -0.4 is 16.4 Å².